The predicted octanol–water partition coefficient (Wildman–Crippen LogP) is 2.79. The van der Waals surface area contributed by atoms with Crippen molar-refractivity contribution in [2.45, 2.75) is 19.4 Å². The zero-order valence-electron chi connectivity index (χ0n) is 11.0. The molecule has 102 valence electrons. The van der Waals surface area contributed by atoms with E-state index in [1.165, 1.54) is 18.2 Å². The van der Waals surface area contributed by atoms with Crippen LogP contribution in [0.25, 0.3) is 0 Å². The maximum Gasteiger partial charge on any atom is 0.131 e. The van der Waals surface area contributed by atoms with Crippen LogP contribution < -0.4 is 5.32 Å². The molecule has 0 aliphatic carbocycles. The largest absolute Gasteiger partial charge is 0.305 e. The fourth-order valence-corrected chi connectivity index (χ4v) is 2.02. The summed E-state index contributed by atoms with van der Waals surface area (Å²) in [4.78, 5) is 0. The zero-order valence-corrected chi connectivity index (χ0v) is 11.0. The third-order valence-corrected chi connectivity index (χ3v) is 2.92. The number of aryl methyl sites for hydroxylation is 1. The van der Waals surface area contributed by atoms with Gasteiger partial charge in [0.15, 0.2) is 0 Å². The number of benzene rings is 1. The maximum atomic E-state index is 13.9. The first-order valence-electron chi connectivity index (χ1n) is 6.30. The average molecular weight is 265 g/mol. The van der Waals surface area contributed by atoms with Gasteiger partial charge in [-0.2, -0.15) is 5.10 Å². The molecular formula is C14H17F2N3. The van der Waals surface area contributed by atoms with Crippen LogP contribution in [-0.4, -0.2) is 16.3 Å². The fourth-order valence-electron chi connectivity index (χ4n) is 2.02. The van der Waals surface area contributed by atoms with Crippen molar-refractivity contribution in [3.63, 3.8) is 0 Å². The summed E-state index contributed by atoms with van der Waals surface area (Å²) >= 11 is 0. The summed E-state index contributed by atoms with van der Waals surface area (Å²) in [5.41, 5.74) is 0.634. The van der Waals surface area contributed by atoms with Gasteiger partial charge in [-0.25, -0.2) is 8.78 Å². The van der Waals surface area contributed by atoms with E-state index in [2.05, 4.69) is 10.4 Å². The number of rotatable bonds is 5. The lowest BCUT2D eigenvalue weighted by molar-refractivity contribution is 0.494. The standard InChI is InChI=1S/C14H17F2N3/c1-3-8-17-14(12-7-9-19(2)18-12)13-10(15)5-4-6-11(13)16/h4-7,9,14,17H,3,8H2,1-2H3. The van der Waals surface area contributed by atoms with E-state index in [1.54, 1.807) is 24.0 Å². The van der Waals surface area contributed by atoms with Crippen molar-refractivity contribution in [3.05, 3.63) is 53.4 Å². The van der Waals surface area contributed by atoms with Gasteiger partial charge in [0.25, 0.3) is 0 Å². The van der Waals surface area contributed by atoms with Crippen LogP contribution in [0, 0.1) is 11.6 Å². The summed E-state index contributed by atoms with van der Waals surface area (Å²) in [5.74, 6) is -1.11. The Morgan fingerprint density at radius 1 is 1.26 bits per heavy atom. The van der Waals surface area contributed by atoms with E-state index >= 15 is 0 Å². The van der Waals surface area contributed by atoms with Gasteiger partial charge in [-0.15, -0.1) is 0 Å². The molecule has 0 aliphatic rings. The first-order valence-corrected chi connectivity index (χ1v) is 6.30. The second kappa shape index (κ2) is 5.93. The third-order valence-electron chi connectivity index (χ3n) is 2.92. The van der Waals surface area contributed by atoms with Crippen molar-refractivity contribution in [2.24, 2.45) is 7.05 Å². The third kappa shape index (κ3) is 2.98. The smallest absolute Gasteiger partial charge is 0.131 e. The van der Waals surface area contributed by atoms with Gasteiger partial charge in [0, 0.05) is 18.8 Å². The van der Waals surface area contributed by atoms with Crippen LogP contribution in [0.15, 0.2) is 30.5 Å². The molecule has 3 nitrogen and oxygen atoms in total. The molecule has 2 aromatic rings. The highest BCUT2D eigenvalue weighted by Gasteiger charge is 2.23. The van der Waals surface area contributed by atoms with Gasteiger partial charge in [0.05, 0.1) is 11.7 Å². The molecular weight excluding hydrogens is 248 g/mol. The molecule has 0 fully saturated rings. The van der Waals surface area contributed by atoms with Crippen LogP contribution in [0.1, 0.15) is 30.6 Å². The highest BCUT2D eigenvalue weighted by Crippen LogP contribution is 2.25. The number of aromatic nitrogens is 2. The van der Waals surface area contributed by atoms with Crippen molar-refractivity contribution in [3.8, 4) is 0 Å². The second-order valence-corrected chi connectivity index (χ2v) is 4.44. The van der Waals surface area contributed by atoms with E-state index in [1.807, 2.05) is 6.92 Å². The number of halogens is 2. The topological polar surface area (TPSA) is 29.9 Å². The molecule has 1 N–H and O–H groups in total. The maximum absolute atomic E-state index is 13.9. The number of nitrogens with zero attached hydrogens (tertiary/aromatic N) is 2. The molecule has 1 aromatic carbocycles. The van der Waals surface area contributed by atoms with Crippen LogP contribution in [0.2, 0.25) is 0 Å². The molecule has 1 atom stereocenters. The van der Waals surface area contributed by atoms with Crippen molar-refractivity contribution in [1.82, 2.24) is 15.1 Å². The van der Waals surface area contributed by atoms with Gasteiger partial charge < -0.3 is 5.32 Å². The molecule has 0 spiro atoms. The molecule has 1 unspecified atom stereocenters. The Balaban J connectivity index is 2.42. The van der Waals surface area contributed by atoms with Crippen LogP contribution in [0.3, 0.4) is 0 Å². The molecule has 1 aromatic heterocycles. The van der Waals surface area contributed by atoms with Crippen molar-refractivity contribution >= 4 is 0 Å². The van der Waals surface area contributed by atoms with Crippen molar-refractivity contribution in [2.75, 3.05) is 6.54 Å². The Morgan fingerprint density at radius 3 is 2.47 bits per heavy atom. The Labute approximate surface area is 111 Å². The van der Waals surface area contributed by atoms with Gasteiger partial charge in [-0.3, -0.25) is 4.68 Å². The average Bonchev–Trinajstić information content (AvgIpc) is 2.79. The number of hydrogen-bond donors (Lipinski definition) is 1. The molecule has 0 saturated carbocycles. The van der Waals surface area contributed by atoms with Gasteiger partial charge in [0.1, 0.15) is 11.6 Å². The minimum atomic E-state index is -0.567. The summed E-state index contributed by atoms with van der Waals surface area (Å²) in [5, 5.41) is 7.38. The lowest BCUT2D eigenvalue weighted by Crippen LogP contribution is -2.25. The van der Waals surface area contributed by atoms with Crippen molar-refractivity contribution < 1.29 is 8.78 Å². The molecule has 19 heavy (non-hydrogen) atoms. The van der Waals surface area contributed by atoms with Crippen molar-refractivity contribution in [1.29, 1.82) is 0 Å². The Hall–Kier alpha value is -1.75. The summed E-state index contributed by atoms with van der Waals surface area (Å²) in [6.07, 6.45) is 2.63. The summed E-state index contributed by atoms with van der Waals surface area (Å²) in [6.45, 7) is 2.66. The van der Waals surface area contributed by atoms with Crippen LogP contribution >= 0.6 is 0 Å². The van der Waals surface area contributed by atoms with E-state index < -0.39 is 17.7 Å². The number of hydrogen-bond acceptors (Lipinski definition) is 2. The van der Waals surface area contributed by atoms with E-state index in [9.17, 15) is 8.78 Å². The number of nitrogens with one attached hydrogen (secondary N) is 1. The second-order valence-electron chi connectivity index (χ2n) is 4.44. The highest BCUT2D eigenvalue weighted by atomic mass is 19.1. The summed E-state index contributed by atoms with van der Waals surface area (Å²) < 4.78 is 29.4. The molecule has 2 rings (SSSR count). The minimum absolute atomic E-state index is 0.0228. The Morgan fingerprint density at radius 2 is 1.95 bits per heavy atom. The fraction of sp³-hybridized carbons (Fsp3) is 0.357. The minimum Gasteiger partial charge on any atom is -0.305 e. The molecule has 0 radical (unpaired) electrons. The molecule has 1 heterocycles. The first kappa shape index (κ1) is 13.7. The van der Waals surface area contributed by atoms with Gasteiger partial charge in [0.2, 0.25) is 0 Å². The van der Waals surface area contributed by atoms with Gasteiger partial charge >= 0.3 is 0 Å². The van der Waals surface area contributed by atoms with E-state index in [0.29, 0.717) is 12.2 Å². The molecule has 0 bridgehead atoms. The summed E-state index contributed by atoms with van der Waals surface area (Å²) in [6, 6.07) is 5.09. The van der Waals surface area contributed by atoms with Crippen LogP contribution in [0.4, 0.5) is 8.78 Å². The van der Waals surface area contributed by atoms with Gasteiger partial charge in [-0.05, 0) is 31.2 Å². The first-order chi connectivity index (χ1) is 9.13. The van der Waals surface area contributed by atoms with Gasteiger partial charge in [-0.1, -0.05) is 13.0 Å². The normalized spacial score (nSPS) is 12.6. The van der Waals surface area contributed by atoms with E-state index in [4.69, 9.17) is 0 Å². The Bertz CT molecular complexity index is 531. The predicted molar refractivity (Wildman–Crippen MR) is 69.7 cm³/mol. The SMILES string of the molecule is CCCNC(c1ccn(C)n1)c1c(F)cccc1F. The quantitative estimate of drug-likeness (QED) is 0.901. The van der Waals surface area contributed by atoms with Crippen LogP contribution in [0.5, 0.6) is 0 Å². The molecule has 0 amide bonds. The molecule has 5 heteroatoms. The molecule has 0 aliphatic heterocycles. The lowest BCUT2D eigenvalue weighted by atomic mass is 10.0. The van der Waals surface area contributed by atoms with E-state index in [0.717, 1.165) is 6.42 Å². The van der Waals surface area contributed by atoms with Crippen LogP contribution in [-0.2, 0) is 7.05 Å². The zero-order chi connectivity index (χ0) is 13.8. The lowest BCUT2D eigenvalue weighted by Gasteiger charge is -2.18. The summed E-state index contributed by atoms with van der Waals surface area (Å²) in [7, 11) is 1.78. The highest BCUT2D eigenvalue weighted by molar-refractivity contribution is 5.30. The molecule has 0 saturated heterocycles. The monoisotopic (exact) mass is 265 g/mol. The Kier molecular flexibility index (Phi) is 4.27. The van der Waals surface area contributed by atoms with E-state index in [-0.39, 0.29) is 5.56 Å².